The maximum atomic E-state index is 12.5. The van der Waals surface area contributed by atoms with Crippen molar-refractivity contribution in [3.63, 3.8) is 0 Å². The topological polar surface area (TPSA) is 114 Å². The van der Waals surface area contributed by atoms with E-state index in [2.05, 4.69) is 16.0 Å². The van der Waals surface area contributed by atoms with E-state index in [0.29, 0.717) is 5.69 Å². The maximum Gasteiger partial charge on any atom is 0.329 e. The highest BCUT2D eigenvalue weighted by atomic mass is 16.5. The Bertz CT molecular complexity index is 1010. The lowest BCUT2D eigenvalue weighted by Crippen LogP contribution is -2.46. The molecule has 0 aliphatic carbocycles. The second-order valence-corrected chi connectivity index (χ2v) is 8.66. The molecule has 0 aliphatic rings. The fourth-order valence-electron chi connectivity index (χ4n) is 3.52. The van der Waals surface area contributed by atoms with Gasteiger partial charge in [-0.25, -0.2) is 4.79 Å². The van der Waals surface area contributed by atoms with Crippen LogP contribution in [0.15, 0.2) is 42.5 Å². The van der Waals surface area contributed by atoms with Crippen LogP contribution in [0.25, 0.3) is 0 Å². The number of carbonyl (C=O) groups excluding carboxylic acids is 4. The molecule has 2 aromatic carbocycles. The molecule has 0 fully saturated rings. The number of esters is 1. The number of hydrogen-bond acceptors (Lipinski definition) is 5. The zero-order chi connectivity index (χ0) is 25.3. The molecule has 182 valence electrons. The Kier molecular flexibility index (Phi) is 9.79. The first-order valence-corrected chi connectivity index (χ1v) is 11.2. The molecule has 1 atom stereocenters. The Balaban J connectivity index is 1.80. The molecule has 0 bridgehead atoms. The highest BCUT2D eigenvalue weighted by Crippen LogP contribution is 2.21. The predicted octanol–water partition coefficient (Wildman–Crippen LogP) is 2.59. The van der Waals surface area contributed by atoms with Crippen LogP contribution in [0.5, 0.6) is 0 Å². The lowest BCUT2D eigenvalue weighted by Gasteiger charge is -2.20. The summed E-state index contributed by atoms with van der Waals surface area (Å²) in [5.74, 6) is -2.25. The quantitative estimate of drug-likeness (QED) is 0.465. The smallest absolute Gasteiger partial charge is 0.329 e. The summed E-state index contributed by atoms with van der Waals surface area (Å²) in [6.45, 7) is 8.51. The van der Waals surface area contributed by atoms with E-state index in [4.69, 9.17) is 4.74 Å². The van der Waals surface area contributed by atoms with E-state index in [1.807, 2.05) is 63.2 Å². The lowest BCUT2D eigenvalue weighted by atomic mass is 10.0. The minimum absolute atomic E-state index is 0.132. The molecular formula is C26H33N3O5. The average molecular weight is 468 g/mol. The van der Waals surface area contributed by atoms with E-state index in [1.54, 1.807) is 13.8 Å². The number of aryl methyl sites for hydroxylation is 3. The summed E-state index contributed by atoms with van der Waals surface area (Å²) < 4.78 is 5.08. The molecule has 0 aromatic heterocycles. The number of ether oxygens (including phenoxy) is 1. The summed E-state index contributed by atoms with van der Waals surface area (Å²) in [4.78, 5) is 49.1. The lowest BCUT2D eigenvalue weighted by molar-refractivity contribution is -0.152. The molecule has 0 radical (unpaired) electrons. The Hall–Kier alpha value is -3.68. The van der Waals surface area contributed by atoms with Crippen LogP contribution in [0.1, 0.15) is 36.1 Å². The molecule has 34 heavy (non-hydrogen) atoms. The van der Waals surface area contributed by atoms with Crippen LogP contribution < -0.4 is 16.0 Å². The van der Waals surface area contributed by atoms with Crippen LogP contribution >= 0.6 is 0 Å². The maximum absolute atomic E-state index is 12.5. The Morgan fingerprint density at radius 2 is 1.50 bits per heavy atom. The first-order valence-electron chi connectivity index (χ1n) is 11.2. The van der Waals surface area contributed by atoms with Crippen LogP contribution in [0.2, 0.25) is 0 Å². The van der Waals surface area contributed by atoms with Crippen LogP contribution in [0.4, 0.5) is 5.69 Å². The van der Waals surface area contributed by atoms with Crippen molar-refractivity contribution >= 4 is 29.4 Å². The van der Waals surface area contributed by atoms with Crippen molar-refractivity contribution in [2.24, 2.45) is 5.92 Å². The van der Waals surface area contributed by atoms with Gasteiger partial charge in [0.05, 0.1) is 13.0 Å². The fourth-order valence-corrected chi connectivity index (χ4v) is 3.52. The number of rotatable bonds is 10. The predicted molar refractivity (Wildman–Crippen MR) is 130 cm³/mol. The highest BCUT2D eigenvalue weighted by Gasteiger charge is 2.26. The molecule has 0 saturated heterocycles. The van der Waals surface area contributed by atoms with Gasteiger partial charge < -0.3 is 20.7 Å². The van der Waals surface area contributed by atoms with Gasteiger partial charge >= 0.3 is 5.97 Å². The van der Waals surface area contributed by atoms with E-state index in [9.17, 15) is 19.2 Å². The summed E-state index contributed by atoms with van der Waals surface area (Å²) in [6.07, 6.45) is 0.132. The number of hydrogen-bond donors (Lipinski definition) is 3. The molecule has 8 nitrogen and oxygen atoms in total. The number of benzene rings is 2. The van der Waals surface area contributed by atoms with Crippen molar-refractivity contribution in [1.29, 1.82) is 0 Å². The van der Waals surface area contributed by atoms with E-state index < -0.39 is 24.5 Å². The molecule has 8 heteroatoms. The Morgan fingerprint density at radius 3 is 2.09 bits per heavy atom. The fraction of sp³-hybridized carbons (Fsp3) is 0.385. The first kappa shape index (κ1) is 26.6. The number of anilines is 1. The molecule has 3 N–H and O–H groups in total. The molecule has 0 aliphatic heterocycles. The number of nitrogens with one attached hydrogen (secondary N) is 3. The van der Waals surface area contributed by atoms with E-state index in [-0.39, 0.29) is 30.7 Å². The normalized spacial score (nSPS) is 11.5. The summed E-state index contributed by atoms with van der Waals surface area (Å²) in [5, 5.41) is 7.90. The first-order chi connectivity index (χ1) is 16.1. The van der Waals surface area contributed by atoms with Gasteiger partial charge in [-0.05, 0) is 43.4 Å². The van der Waals surface area contributed by atoms with Crippen molar-refractivity contribution in [1.82, 2.24) is 10.6 Å². The van der Waals surface area contributed by atoms with Gasteiger partial charge in [0.25, 0.3) is 5.91 Å². The van der Waals surface area contributed by atoms with Gasteiger partial charge in [0.1, 0.15) is 6.04 Å². The van der Waals surface area contributed by atoms with Gasteiger partial charge in [-0.1, -0.05) is 61.9 Å². The standard InChI is InChI=1S/C26H33N3O5/c1-16(2)24(28-21(30)13-20-9-7-6-8-10-20)26(33)34-15-23(32)27-14-22(31)29-25-18(4)11-17(3)12-19(25)5/h6-12,16,24H,13-15H2,1-5H3,(H,27,32)(H,28,30)(H,29,31). The third-order valence-corrected chi connectivity index (χ3v) is 5.18. The minimum atomic E-state index is -0.889. The molecule has 2 rings (SSSR count). The molecule has 3 amide bonds. The third kappa shape index (κ3) is 8.35. The molecule has 0 heterocycles. The average Bonchev–Trinajstić information content (AvgIpc) is 2.77. The van der Waals surface area contributed by atoms with Gasteiger partial charge in [0.2, 0.25) is 11.8 Å². The molecule has 0 spiro atoms. The van der Waals surface area contributed by atoms with Crippen molar-refractivity contribution in [2.75, 3.05) is 18.5 Å². The monoisotopic (exact) mass is 467 g/mol. The summed E-state index contributed by atoms with van der Waals surface area (Å²) in [6, 6.07) is 12.2. The van der Waals surface area contributed by atoms with Crippen molar-refractivity contribution < 1.29 is 23.9 Å². The van der Waals surface area contributed by atoms with Crippen LogP contribution in [-0.4, -0.2) is 42.9 Å². The van der Waals surface area contributed by atoms with Crippen LogP contribution in [0, 0.1) is 26.7 Å². The van der Waals surface area contributed by atoms with Gasteiger partial charge in [-0.3, -0.25) is 14.4 Å². The minimum Gasteiger partial charge on any atom is -0.454 e. The highest BCUT2D eigenvalue weighted by molar-refractivity contribution is 5.96. The van der Waals surface area contributed by atoms with Crippen molar-refractivity contribution in [3.8, 4) is 0 Å². The second-order valence-electron chi connectivity index (χ2n) is 8.66. The zero-order valence-corrected chi connectivity index (χ0v) is 20.4. The van der Waals surface area contributed by atoms with Crippen LogP contribution in [0.3, 0.4) is 0 Å². The Morgan fingerprint density at radius 1 is 0.882 bits per heavy atom. The molecule has 0 saturated carbocycles. The van der Waals surface area contributed by atoms with Crippen molar-refractivity contribution in [3.05, 3.63) is 64.7 Å². The second kappa shape index (κ2) is 12.5. The summed E-state index contributed by atoms with van der Waals surface area (Å²) >= 11 is 0. The summed E-state index contributed by atoms with van der Waals surface area (Å²) in [7, 11) is 0. The Labute approximate surface area is 200 Å². The largest absolute Gasteiger partial charge is 0.454 e. The van der Waals surface area contributed by atoms with E-state index in [0.717, 1.165) is 22.3 Å². The van der Waals surface area contributed by atoms with E-state index >= 15 is 0 Å². The van der Waals surface area contributed by atoms with E-state index in [1.165, 1.54) is 0 Å². The molecule has 2 aromatic rings. The van der Waals surface area contributed by atoms with Crippen LogP contribution in [-0.2, 0) is 30.3 Å². The SMILES string of the molecule is Cc1cc(C)c(NC(=O)CNC(=O)COC(=O)C(NC(=O)Cc2ccccc2)C(C)C)c(C)c1. The molecule has 1 unspecified atom stereocenters. The third-order valence-electron chi connectivity index (χ3n) is 5.18. The van der Waals surface area contributed by atoms with Gasteiger partial charge in [-0.2, -0.15) is 0 Å². The van der Waals surface area contributed by atoms with Gasteiger partial charge in [-0.15, -0.1) is 0 Å². The molecular weight excluding hydrogens is 434 g/mol. The number of carbonyl (C=O) groups is 4. The van der Waals surface area contributed by atoms with Gasteiger partial charge in [0.15, 0.2) is 6.61 Å². The number of amides is 3. The van der Waals surface area contributed by atoms with Gasteiger partial charge in [0, 0.05) is 5.69 Å². The summed E-state index contributed by atoms with van der Waals surface area (Å²) in [5.41, 5.74) is 4.49. The zero-order valence-electron chi connectivity index (χ0n) is 20.4. The van der Waals surface area contributed by atoms with Crippen molar-refractivity contribution in [2.45, 2.75) is 47.1 Å².